The molecule has 15 heavy (non-hydrogen) atoms. The Hall–Kier alpha value is -0.350. The van der Waals surface area contributed by atoms with Crippen LogP contribution in [0.15, 0.2) is 0 Å². The van der Waals surface area contributed by atoms with Crippen molar-refractivity contribution in [2.45, 2.75) is 37.8 Å². The van der Waals surface area contributed by atoms with Crippen LogP contribution in [0.1, 0.15) is 25.7 Å². The minimum Gasteiger partial charge on any atom is -0.360 e. The van der Waals surface area contributed by atoms with Crippen LogP contribution in [-0.4, -0.2) is 54.2 Å². The fraction of sp³-hybridized carbons (Fsp3) is 0.909. The lowest BCUT2D eigenvalue weighted by atomic mass is 10.1. The zero-order valence-electron chi connectivity index (χ0n) is 9.70. The zero-order chi connectivity index (χ0) is 10.8. The molecular weight excluding hydrogens is 206 g/mol. The number of hydrogen-bond acceptors (Lipinski definition) is 2. The van der Waals surface area contributed by atoms with Crippen LogP contribution < -0.4 is 5.32 Å². The molecule has 0 spiro atoms. The summed E-state index contributed by atoms with van der Waals surface area (Å²) in [4.78, 5) is 4.65. The third-order valence-corrected chi connectivity index (χ3v) is 3.78. The van der Waals surface area contributed by atoms with E-state index in [4.69, 9.17) is 12.2 Å². The Morgan fingerprint density at radius 2 is 2.13 bits per heavy atom. The third-order valence-electron chi connectivity index (χ3n) is 3.37. The van der Waals surface area contributed by atoms with Crippen molar-refractivity contribution in [2.75, 3.05) is 27.2 Å². The second kappa shape index (κ2) is 4.66. The monoisotopic (exact) mass is 227 g/mol. The molecule has 0 bridgehead atoms. The zero-order valence-corrected chi connectivity index (χ0v) is 10.5. The molecule has 1 aliphatic heterocycles. The highest BCUT2D eigenvalue weighted by molar-refractivity contribution is 7.80. The van der Waals surface area contributed by atoms with Crippen LogP contribution in [0.5, 0.6) is 0 Å². The van der Waals surface area contributed by atoms with Gasteiger partial charge in [-0.25, -0.2) is 0 Å². The Bertz CT molecular complexity index is 240. The summed E-state index contributed by atoms with van der Waals surface area (Å²) in [5, 5.41) is 4.35. The standard InChI is InChI=1S/C11H21N3S/c1-13-7-3-4-10(8-13)14(2)11(15)12-9-5-6-9/h9-10H,3-8H2,1-2H3,(H,12,15). The third kappa shape index (κ3) is 3.05. The Labute approximate surface area is 97.8 Å². The first kappa shape index (κ1) is 11.1. The van der Waals surface area contributed by atoms with Crippen LogP contribution >= 0.6 is 12.2 Å². The maximum atomic E-state index is 5.41. The van der Waals surface area contributed by atoms with E-state index < -0.39 is 0 Å². The largest absolute Gasteiger partial charge is 0.360 e. The van der Waals surface area contributed by atoms with Gasteiger partial charge >= 0.3 is 0 Å². The highest BCUT2D eigenvalue weighted by Crippen LogP contribution is 2.20. The number of hydrogen-bond donors (Lipinski definition) is 1. The summed E-state index contributed by atoms with van der Waals surface area (Å²) in [6.45, 7) is 2.37. The molecule has 1 N–H and O–H groups in total. The Kier molecular flexibility index (Phi) is 3.46. The van der Waals surface area contributed by atoms with Crippen molar-refractivity contribution in [1.29, 1.82) is 0 Å². The highest BCUT2D eigenvalue weighted by Gasteiger charge is 2.26. The molecule has 0 aromatic heterocycles. The molecule has 0 amide bonds. The number of likely N-dealkylation sites (N-methyl/N-ethyl adjacent to an activating group) is 2. The number of thiocarbonyl (C=S) groups is 1. The van der Waals surface area contributed by atoms with Crippen LogP contribution in [0.25, 0.3) is 0 Å². The first-order valence-corrected chi connectivity index (χ1v) is 6.29. The molecular formula is C11H21N3S. The smallest absolute Gasteiger partial charge is 0.169 e. The summed E-state index contributed by atoms with van der Waals surface area (Å²) < 4.78 is 0. The summed E-state index contributed by atoms with van der Waals surface area (Å²) in [5.41, 5.74) is 0. The maximum Gasteiger partial charge on any atom is 0.169 e. The molecule has 0 radical (unpaired) electrons. The van der Waals surface area contributed by atoms with Crippen LogP contribution in [0.4, 0.5) is 0 Å². The topological polar surface area (TPSA) is 18.5 Å². The van der Waals surface area contributed by atoms with E-state index in [2.05, 4.69) is 29.2 Å². The first-order chi connectivity index (χ1) is 7.16. The van der Waals surface area contributed by atoms with Crippen LogP contribution in [0.2, 0.25) is 0 Å². The quantitative estimate of drug-likeness (QED) is 0.711. The maximum absolute atomic E-state index is 5.41. The molecule has 1 aliphatic carbocycles. The Morgan fingerprint density at radius 1 is 1.40 bits per heavy atom. The Morgan fingerprint density at radius 3 is 2.73 bits per heavy atom. The Balaban J connectivity index is 1.82. The molecule has 86 valence electrons. The molecule has 0 aromatic rings. The van der Waals surface area contributed by atoms with E-state index in [1.165, 1.54) is 32.2 Å². The van der Waals surface area contributed by atoms with E-state index in [1.807, 2.05) is 0 Å². The van der Waals surface area contributed by atoms with E-state index in [-0.39, 0.29) is 0 Å². The average Bonchev–Trinajstić information content (AvgIpc) is 3.00. The molecule has 2 rings (SSSR count). The van der Waals surface area contributed by atoms with Gasteiger partial charge in [-0.1, -0.05) is 0 Å². The lowest BCUT2D eigenvalue weighted by Gasteiger charge is -2.37. The van der Waals surface area contributed by atoms with Gasteiger partial charge in [0.1, 0.15) is 0 Å². The molecule has 2 fully saturated rings. The van der Waals surface area contributed by atoms with E-state index in [9.17, 15) is 0 Å². The van der Waals surface area contributed by atoms with Gasteiger partial charge in [0, 0.05) is 25.7 Å². The van der Waals surface area contributed by atoms with Crippen molar-refractivity contribution in [3.8, 4) is 0 Å². The molecule has 0 aromatic carbocycles. The second-order valence-corrected chi connectivity index (χ2v) is 5.28. The van der Waals surface area contributed by atoms with E-state index in [1.54, 1.807) is 0 Å². The van der Waals surface area contributed by atoms with Crippen LogP contribution in [0.3, 0.4) is 0 Å². The minimum atomic E-state index is 0.600. The molecule has 2 aliphatic rings. The number of rotatable bonds is 2. The summed E-state index contributed by atoms with van der Waals surface area (Å²) >= 11 is 5.41. The normalized spacial score (nSPS) is 27.5. The molecule has 3 nitrogen and oxygen atoms in total. The molecule has 4 heteroatoms. The second-order valence-electron chi connectivity index (χ2n) is 4.89. The van der Waals surface area contributed by atoms with Crippen molar-refractivity contribution in [3.63, 3.8) is 0 Å². The van der Waals surface area contributed by atoms with Gasteiger partial charge in [0.25, 0.3) is 0 Å². The molecule has 1 saturated carbocycles. The summed E-state index contributed by atoms with van der Waals surface area (Å²) in [6, 6.07) is 1.27. The first-order valence-electron chi connectivity index (χ1n) is 5.88. The van der Waals surface area contributed by atoms with Crippen molar-refractivity contribution in [1.82, 2.24) is 15.1 Å². The number of nitrogens with one attached hydrogen (secondary N) is 1. The number of piperidine rings is 1. The molecule has 1 atom stereocenters. The minimum absolute atomic E-state index is 0.600. The van der Waals surface area contributed by atoms with E-state index in [0.717, 1.165) is 11.7 Å². The highest BCUT2D eigenvalue weighted by atomic mass is 32.1. The van der Waals surface area contributed by atoms with Crippen LogP contribution in [0, 0.1) is 0 Å². The van der Waals surface area contributed by atoms with Crippen molar-refractivity contribution in [2.24, 2.45) is 0 Å². The van der Waals surface area contributed by atoms with E-state index >= 15 is 0 Å². The number of nitrogens with zero attached hydrogens (tertiary/aromatic N) is 2. The number of likely N-dealkylation sites (tertiary alicyclic amines) is 1. The van der Waals surface area contributed by atoms with Gasteiger partial charge in [0.2, 0.25) is 0 Å². The fourth-order valence-electron chi connectivity index (χ4n) is 2.13. The predicted octanol–water partition coefficient (Wildman–Crippen LogP) is 1.05. The van der Waals surface area contributed by atoms with Gasteiger partial charge in [-0.3, -0.25) is 0 Å². The van der Waals surface area contributed by atoms with Crippen molar-refractivity contribution < 1.29 is 0 Å². The van der Waals surface area contributed by atoms with Crippen molar-refractivity contribution in [3.05, 3.63) is 0 Å². The average molecular weight is 227 g/mol. The summed E-state index contributed by atoms with van der Waals surface area (Å²) in [6.07, 6.45) is 5.14. The van der Waals surface area contributed by atoms with Gasteiger partial charge < -0.3 is 15.1 Å². The van der Waals surface area contributed by atoms with Crippen LogP contribution in [-0.2, 0) is 0 Å². The van der Waals surface area contributed by atoms with Gasteiger partial charge in [-0.2, -0.15) is 0 Å². The van der Waals surface area contributed by atoms with Gasteiger partial charge in [-0.05, 0) is 51.5 Å². The molecule has 1 saturated heterocycles. The van der Waals surface area contributed by atoms with Gasteiger partial charge in [0.15, 0.2) is 5.11 Å². The summed E-state index contributed by atoms with van der Waals surface area (Å²) in [7, 11) is 4.32. The summed E-state index contributed by atoms with van der Waals surface area (Å²) in [5.74, 6) is 0. The molecule has 1 heterocycles. The lowest BCUT2D eigenvalue weighted by molar-refractivity contribution is 0.181. The van der Waals surface area contributed by atoms with Crippen molar-refractivity contribution >= 4 is 17.3 Å². The SMILES string of the molecule is CN1CCCC(N(C)C(=S)NC2CC2)C1. The van der Waals surface area contributed by atoms with E-state index in [0.29, 0.717) is 12.1 Å². The molecule has 1 unspecified atom stereocenters. The lowest BCUT2D eigenvalue weighted by Crippen LogP contribution is -2.50. The predicted molar refractivity (Wildman–Crippen MR) is 67.0 cm³/mol. The van der Waals surface area contributed by atoms with Gasteiger partial charge in [-0.15, -0.1) is 0 Å². The van der Waals surface area contributed by atoms with Gasteiger partial charge in [0.05, 0.1) is 0 Å². The fourth-order valence-corrected chi connectivity index (χ4v) is 2.44.